The Morgan fingerprint density at radius 3 is 2.79 bits per heavy atom. The number of anilines is 1. The first-order valence-corrected chi connectivity index (χ1v) is 4.67. The molecule has 4 heteroatoms. The molecule has 1 aromatic heterocycles. The molecule has 0 bridgehead atoms. The minimum absolute atomic E-state index is 0.0568. The maximum absolute atomic E-state index is 11.5. The van der Waals surface area contributed by atoms with Crippen molar-refractivity contribution in [2.24, 2.45) is 7.05 Å². The van der Waals surface area contributed by atoms with Crippen molar-refractivity contribution in [1.82, 2.24) is 4.57 Å². The molecule has 0 radical (unpaired) electrons. The number of nitrogens with two attached hydrogens (primary N) is 1. The lowest BCUT2D eigenvalue weighted by Crippen LogP contribution is -2.16. The Labute approximate surface area is 83.7 Å². The number of ether oxygens (including phenoxy) is 1. The Bertz CT molecular complexity index is 331. The first kappa shape index (κ1) is 10.6. The summed E-state index contributed by atoms with van der Waals surface area (Å²) in [6, 6.07) is 1.62. The van der Waals surface area contributed by atoms with Crippen LogP contribution < -0.4 is 5.73 Å². The van der Waals surface area contributed by atoms with Gasteiger partial charge in [0.15, 0.2) is 0 Å². The van der Waals surface area contributed by atoms with E-state index in [4.69, 9.17) is 10.5 Å². The molecule has 0 aliphatic carbocycles. The van der Waals surface area contributed by atoms with Crippen molar-refractivity contribution >= 4 is 11.7 Å². The molecule has 1 rings (SSSR count). The number of hydrogen-bond acceptors (Lipinski definition) is 3. The summed E-state index contributed by atoms with van der Waals surface area (Å²) in [6.45, 7) is 3.83. The van der Waals surface area contributed by atoms with Gasteiger partial charge in [-0.2, -0.15) is 0 Å². The average Bonchev–Trinajstić information content (AvgIpc) is 2.45. The summed E-state index contributed by atoms with van der Waals surface area (Å²) in [5.41, 5.74) is 6.61. The summed E-state index contributed by atoms with van der Waals surface area (Å²) >= 11 is 0. The van der Waals surface area contributed by atoms with E-state index in [2.05, 4.69) is 0 Å². The van der Waals surface area contributed by atoms with Crippen molar-refractivity contribution in [2.75, 3.05) is 5.73 Å². The maximum atomic E-state index is 11.5. The molecule has 0 aliphatic heterocycles. The minimum Gasteiger partial charge on any atom is -0.458 e. The predicted octanol–water partition coefficient (Wildman–Crippen LogP) is 1.56. The van der Waals surface area contributed by atoms with Gasteiger partial charge in [-0.05, 0) is 19.4 Å². The third kappa shape index (κ3) is 2.28. The van der Waals surface area contributed by atoms with Crippen molar-refractivity contribution in [3.63, 3.8) is 0 Å². The molecule has 0 fully saturated rings. The third-order valence-electron chi connectivity index (χ3n) is 2.12. The normalized spacial score (nSPS) is 12.5. The van der Waals surface area contributed by atoms with E-state index in [1.807, 2.05) is 13.8 Å². The fourth-order valence-corrected chi connectivity index (χ4v) is 1.12. The number of hydrogen-bond donors (Lipinski definition) is 1. The molecule has 1 aromatic rings. The second kappa shape index (κ2) is 4.17. The smallest absolute Gasteiger partial charge is 0.355 e. The molecule has 14 heavy (non-hydrogen) atoms. The lowest BCUT2D eigenvalue weighted by molar-refractivity contribution is 0.0323. The molecule has 1 heterocycles. The Morgan fingerprint density at radius 1 is 1.71 bits per heavy atom. The number of rotatable bonds is 3. The average molecular weight is 196 g/mol. The first-order valence-electron chi connectivity index (χ1n) is 4.67. The highest BCUT2D eigenvalue weighted by Crippen LogP contribution is 2.11. The van der Waals surface area contributed by atoms with Crippen LogP contribution in [0.2, 0.25) is 0 Å². The monoisotopic (exact) mass is 196 g/mol. The van der Waals surface area contributed by atoms with Crippen LogP contribution in [0, 0.1) is 0 Å². The van der Waals surface area contributed by atoms with Gasteiger partial charge in [0.05, 0.1) is 11.8 Å². The Kier molecular flexibility index (Phi) is 3.17. The summed E-state index contributed by atoms with van der Waals surface area (Å²) < 4.78 is 6.83. The lowest BCUT2D eigenvalue weighted by Gasteiger charge is -2.10. The van der Waals surface area contributed by atoms with Crippen LogP contribution in [0.1, 0.15) is 30.8 Å². The predicted molar refractivity (Wildman–Crippen MR) is 55.0 cm³/mol. The van der Waals surface area contributed by atoms with Crippen LogP contribution in [-0.2, 0) is 11.8 Å². The van der Waals surface area contributed by atoms with Gasteiger partial charge in [0.1, 0.15) is 5.69 Å². The Balaban J connectivity index is 2.74. The number of carbonyl (C=O) groups excluding carboxylic acids is 1. The van der Waals surface area contributed by atoms with Crippen LogP contribution in [0.25, 0.3) is 0 Å². The summed E-state index contributed by atoms with van der Waals surface area (Å²) in [5.74, 6) is -0.321. The molecular weight excluding hydrogens is 180 g/mol. The molecule has 0 aliphatic rings. The first-order chi connectivity index (χ1) is 6.54. The minimum atomic E-state index is -0.321. The fourth-order valence-electron chi connectivity index (χ4n) is 1.12. The van der Waals surface area contributed by atoms with Crippen molar-refractivity contribution in [3.8, 4) is 0 Å². The number of nitrogen functional groups attached to an aromatic ring is 1. The standard InChI is InChI=1S/C10H16N2O2/c1-4-7(2)14-10(13)9-5-8(11)6-12(9)3/h5-7H,4,11H2,1-3H3. The lowest BCUT2D eigenvalue weighted by atomic mass is 10.3. The highest BCUT2D eigenvalue weighted by Gasteiger charge is 2.14. The molecular formula is C10H16N2O2. The number of nitrogens with zero attached hydrogens (tertiary/aromatic N) is 1. The molecule has 2 N–H and O–H groups in total. The molecule has 0 spiro atoms. The van der Waals surface area contributed by atoms with Crippen molar-refractivity contribution in [3.05, 3.63) is 18.0 Å². The summed E-state index contributed by atoms with van der Waals surface area (Å²) in [4.78, 5) is 11.5. The molecule has 0 amide bonds. The van der Waals surface area contributed by atoms with E-state index in [0.717, 1.165) is 6.42 Å². The van der Waals surface area contributed by atoms with Gasteiger partial charge in [-0.25, -0.2) is 4.79 Å². The van der Waals surface area contributed by atoms with E-state index < -0.39 is 0 Å². The van der Waals surface area contributed by atoms with Crippen LogP contribution in [0.3, 0.4) is 0 Å². The van der Waals surface area contributed by atoms with Crippen LogP contribution >= 0.6 is 0 Å². The Morgan fingerprint density at radius 2 is 2.36 bits per heavy atom. The quantitative estimate of drug-likeness (QED) is 0.746. The van der Waals surface area contributed by atoms with Gasteiger partial charge in [-0.3, -0.25) is 0 Å². The van der Waals surface area contributed by atoms with Gasteiger partial charge in [-0.1, -0.05) is 6.92 Å². The maximum Gasteiger partial charge on any atom is 0.355 e. The largest absolute Gasteiger partial charge is 0.458 e. The van der Waals surface area contributed by atoms with Gasteiger partial charge >= 0.3 is 5.97 Å². The SMILES string of the molecule is CCC(C)OC(=O)c1cc(N)cn1C. The van der Waals surface area contributed by atoms with E-state index in [0.29, 0.717) is 11.4 Å². The molecule has 0 saturated carbocycles. The van der Waals surface area contributed by atoms with Crippen molar-refractivity contribution < 1.29 is 9.53 Å². The van der Waals surface area contributed by atoms with Gasteiger partial charge in [0.25, 0.3) is 0 Å². The van der Waals surface area contributed by atoms with Crippen LogP contribution in [0.5, 0.6) is 0 Å². The molecule has 4 nitrogen and oxygen atoms in total. The number of aromatic nitrogens is 1. The zero-order valence-electron chi connectivity index (χ0n) is 8.78. The topological polar surface area (TPSA) is 57.2 Å². The summed E-state index contributed by atoms with van der Waals surface area (Å²) in [7, 11) is 1.77. The van der Waals surface area contributed by atoms with Gasteiger partial charge < -0.3 is 15.0 Å². The number of carbonyl (C=O) groups is 1. The summed E-state index contributed by atoms with van der Waals surface area (Å²) in [6.07, 6.45) is 2.44. The summed E-state index contributed by atoms with van der Waals surface area (Å²) in [5, 5.41) is 0. The second-order valence-corrected chi connectivity index (χ2v) is 3.39. The fraction of sp³-hybridized carbons (Fsp3) is 0.500. The van der Waals surface area contributed by atoms with E-state index in [-0.39, 0.29) is 12.1 Å². The van der Waals surface area contributed by atoms with Gasteiger partial charge in [0.2, 0.25) is 0 Å². The third-order valence-corrected chi connectivity index (χ3v) is 2.12. The van der Waals surface area contributed by atoms with E-state index in [1.165, 1.54) is 0 Å². The molecule has 1 unspecified atom stereocenters. The second-order valence-electron chi connectivity index (χ2n) is 3.39. The molecule has 1 atom stereocenters. The number of aryl methyl sites for hydroxylation is 1. The highest BCUT2D eigenvalue weighted by molar-refractivity contribution is 5.89. The van der Waals surface area contributed by atoms with E-state index in [9.17, 15) is 4.79 Å². The van der Waals surface area contributed by atoms with Gasteiger partial charge in [-0.15, -0.1) is 0 Å². The van der Waals surface area contributed by atoms with E-state index in [1.54, 1.807) is 23.9 Å². The number of esters is 1. The Hall–Kier alpha value is -1.45. The zero-order valence-corrected chi connectivity index (χ0v) is 8.78. The van der Waals surface area contributed by atoms with Crippen molar-refractivity contribution in [1.29, 1.82) is 0 Å². The highest BCUT2D eigenvalue weighted by atomic mass is 16.5. The zero-order chi connectivity index (χ0) is 10.7. The van der Waals surface area contributed by atoms with Crippen LogP contribution in [0.4, 0.5) is 5.69 Å². The van der Waals surface area contributed by atoms with E-state index >= 15 is 0 Å². The molecule has 0 aromatic carbocycles. The van der Waals surface area contributed by atoms with Crippen LogP contribution in [-0.4, -0.2) is 16.6 Å². The molecule has 0 saturated heterocycles. The van der Waals surface area contributed by atoms with Gasteiger partial charge in [0, 0.05) is 13.2 Å². The van der Waals surface area contributed by atoms with Crippen molar-refractivity contribution in [2.45, 2.75) is 26.4 Å². The molecule has 78 valence electrons. The van der Waals surface area contributed by atoms with Crippen LogP contribution in [0.15, 0.2) is 12.3 Å².